The molecule has 0 spiro atoms. The molecule has 2 aliphatic heterocycles. The minimum Gasteiger partial charge on any atom is -0.461 e. The Morgan fingerprint density at radius 1 is 1.05 bits per heavy atom. The molecule has 0 bridgehead atoms. The second-order valence-electron chi connectivity index (χ2n) is 10.3. The summed E-state index contributed by atoms with van der Waals surface area (Å²) in [6.45, 7) is 6.44. The number of carbonyl (C=O) groups is 1. The van der Waals surface area contributed by atoms with Crippen molar-refractivity contribution in [3.8, 4) is 6.01 Å². The van der Waals surface area contributed by atoms with Crippen LogP contribution in [0.5, 0.6) is 6.01 Å². The summed E-state index contributed by atoms with van der Waals surface area (Å²) < 4.78 is 33.3. The molecule has 4 heterocycles. The minimum atomic E-state index is -2.67. The fourth-order valence-electron chi connectivity index (χ4n) is 5.14. The Morgan fingerprint density at radius 3 is 2.45 bits per heavy atom. The normalized spacial score (nSPS) is 18.6. The van der Waals surface area contributed by atoms with Crippen molar-refractivity contribution in [2.45, 2.75) is 57.6 Å². The highest BCUT2D eigenvalue weighted by atomic mass is 19.3. The van der Waals surface area contributed by atoms with E-state index in [1.54, 1.807) is 18.5 Å². The van der Waals surface area contributed by atoms with Crippen LogP contribution in [0.4, 0.5) is 14.6 Å². The number of pyridine rings is 1. The number of hydrogen-bond acceptors (Lipinski definition) is 7. The van der Waals surface area contributed by atoms with Gasteiger partial charge in [-0.3, -0.25) is 9.69 Å². The number of amides is 1. The molecule has 10 heteroatoms. The number of nitrogens with zero attached hydrogens (tertiary/aromatic N) is 5. The third-order valence-electron chi connectivity index (χ3n) is 7.19. The maximum absolute atomic E-state index is 13.9. The molecule has 3 aromatic rings. The van der Waals surface area contributed by atoms with Crippen molar-refractivity contribution in [3.05, 3.63) is 53.9 Å². The maximum atomic E-state index is 13.9. The Kier molecular flexibility index (Phi) is 7.69. The smallest absolute Gasteiger partial charge is 0.316 e. The van der Waals surface area contributed by atoms with Crippen molar-refractivity contribution in [3.63, 3.8) is 0 Å². The van der Waals surface area contributed by atoms with Gasteiger partial charge in [0.25, 0.3) is 11.8 Å². The number of aromatic nitrogens is 3. The van der Waals surface area contributed by atoms with Crippen LogP contribution in [0.1, 0.15) is 61.5 Å². The molecule has 1 atom stereocenters. The van der Waals surface area contributed by atoms with E-state index in [1.807, 2.05) is 43.0 Å². The van der Waals surface area contributed by atoms with Crippen LogP contribution in [-0.4, -0.2) is 70.5 Å². The molecule has 2 fully saturated rings. The molecule has 2 aliphatic rings. The number of nitrogens with one attached hydrogen (secondary N) is 1. The number of fused-ring (bicyclic) bond motifs is 1. The average Bonchev–Trinajstić information content (AvgIpc) is 3.44. The number of ether oxygens (including phenoxy) is 1. The van der Waals surface area contributed by atoms with E-state index in [9.17, 15) is 13.6 Å². The van der Waals surface area contributed by atoms with Crippen molar-refractivity contribution >= 4 is 22.6 Å². The number of likely N-dealkylation sites (tertiary alicyclic amines) is 1. The highest BCUT2D eigenvalue weighted by molar-refractivity contribution is 6.06. The molecule has 1 aromatic carbocycles. The fraction of sp³-hybridized carbons (Fsp3) is 0.500. The van der Waals surface area contributed by atoms with Gasteiger partial charge in [-0.2, -0.15) is 0 Å². The Labute approximate surface area is 221 Å². The first-order chi connectivity index (χ1) is 18.3. The van der Waals surface area contributed by atoms with Gasteiger partial charge in [0.2, 0.25) is 0 Å². The molecular weight excluding hydrogens is 490 g/mol. The van der Waals surface area contributed by atoms with Gasteiger partial charge >= 0.3 is 6.01 Å². The summed E-state index contributed by atoms with van der Waals surface area (Å²) in [4.78, 5) is 31.0. The molecular formula is C28H34F2N6O2. The summed E-state index contributed by atoms with van der Waals surface area (Å²) in [6.07, 6.45) is 5.11. The zero-order valence-electron chi connectivity index (χ0n) is 21.9. The van der Waals surface area contributed by atoms with Gasteiger partial charge in [-0.25, -0.2) is 23.7 Å². The number of anilines is 1. The van der Waals surface area contributed by atoms with Crippen molar-refractivity contribution in [2.24, 2.45) is 0 Å². The first kappa shape index (κ1) is 26.2. The van der Waals surface area contributed by atoms with E-state index in [2.05, 4.69) is 20.2 Å². The molecule has 1 amide bonds. The number of hydrogen-bond donors (Lipinski definition) is 1. The summed E-state index contributed by atoms with van der Waals surface area (Å²) in [5.41, 5.74) is 2.04. The highest BCUT2D eigenvalue weighted by Gasteiger charge is 2.37. The monoisotopic (exact) mass is 524 g/mol. The molecule has 1 unspecified atom stereocenters. The van der Waals surface area contributed by atoms with Crippen LogP contribution in [0, 0.1) is 0 Å². The van der Waals surface area contributed by atoms with Crippen LogP contribution in [0.25, 0.3) is 10.9 Å². The van der Waals surface area contributed by atoms with Crippen molar-refractivity contribution in [1.82, 2.24) is 25.2 Å². The van der Waals surface area contributed by atoms with Crippen molar-refractivity contribution in [1.29, 1.82) is 0 Å². The SMILES string of the molecule is CC(C)Oc1ncc(C(CNC(=O)c2cccc3nc(N4CCCC4)ccc23)N2CCC(F)(F)CC2)cn1. The van der Waals surface area contributed by atoms with E-state index < -0.39 is 5.92 Å². The lowest BCUT2D eigenvalue weighted by Crippen LogP contribution is -2.45. The van der Waals surface area contributed by atoms with E-state index in [0.717, 1.165) is 48.2 Å². The van der Waals surface area contributed by atoms with Crippen LogP contribution in [-0.2, 0) is 0 Å². The molecule has 0 saturated carbocycles. The third-order valence-corrected chi connectivity index (χ3v) is 7.19. The molecule has 8 nitrogen and oxygen atoms in total. The molecule has 0 radical (unpaired) electrons. The number of halogens is 2. The van der Waals surface area contributed by atoms with E-state index in [0.29, 0.717) is 5.56 Å². The van der Waals surface area contributed by atoms with Gasteiger partial charge in [0.05, 0.1) is 17.7 Å². The molecule has 38 heavy (non-hydrogen) atoms. The highest BCUT2D eigenvalue weighted by Crippen LogP contribution is 2.32. The summed E-state index contributed by atoms with van der Waals surface area (Å²) in [5.74, 6) is -1.97. The first-order valence-electron chi connectivity index (χ1n) is 13.3. The predicted octanol–water partition coefficient (Wildman–Crippen LogP) is 4.61. The summed E-state index contributed by atoms with van der Waals surface area (Å²) in [7, 11) is 0. The van der Waals surface area contributed by atoms with Gasteiger partial charge in [0, 0.05) is 74.5 Å². The van der Waals surface area contributed by atoms with Crippen molar-refractivity contribution in [2.75, 3.05) is 37.6 Å². The minimum absolute atomic E-state index is 0.0677. The van der Waals surface area contributed by atoms with Crippen LogP contribution >= 0.6 is 0 Å². The number of alkyl halides is 2. The second-order valence-corrected chi connectivity index (χ2v) is 10.3. The van der Waals surface area contributed by atoms with Crippen molar-refractivity contribution < 1.29 is 18.3 Å². The first-order valence-corrected chi connectivity index (χ1v) is 13.3. The van der Waals surface area contributed by atoms with Gasteiger partial charge in [0.15, 0.2) is 0 Å². The Bertz CT molecular complexity index is 1250. The molecule has 202 valence electrons. The van der Waals surface area contributed by atoms with E-state index in [-0.39, 0.29) is 56.5 Å². The Hall–Kier alpha value is -3.40. The lowest BCUT2D eigenvalue weighted by atomic mass is 10.0. The zero-order chi connectivity index (χ0) is 26.7. The second kappa shape index (κ2) is 11.1. The van der Waals surface area contributed by atoms with Crippen LogP contribution in [0.15, 0.2) is 42.7 Å². The molecule has 2 saturated heterocycles. The van der Waals surface area contributed by atoms with Gasteiger partial charge < -0.3 is 15.0 Å². The van der Waals surface area contributed by atoms with E-state index in [1.165, 1.54) is 0 Å². The lowest BCUT2D eigenvalue weighted by molar-refractivity contribution is -0.0632. The topological polar surface area (TPSA) is 83.5 Å². The summed E-state index contributed by atoms with van der Waals surface area (Å²) in [6, 6.07) is 9.37. The average molecular weight is 525 g/mol. The van der Waals surface area contributed by atoms with Gasteiger partial charge in [-0.05, 0) is 51.0 Å². The Morgan fingerprint density at radius 2 is 1.76 bits per heavy atom. The maximum Gasteiger partial charge on any atom is 0.316 e. The van der Waals surface area contributed by atoms with Gasteiger partial charge in [0.1, 0.15) is 5.82 Å². The van der Waals surface area contributed by atoms with Gasteiger partial charge in [-0.1, -0.05) is 6.07 Å². The largest absolute Gasteiger partial charge is 0.461 e. The summed E-state index contributed by atoms with van der Waals surface area (Å²) >= 11 is 0. The molecule has 0 aliphatic carbocycles. The lowest BCUT2D eigenvalue weighted by Gasteiger charge is -2.37. The standard InChI is InChI=1S/C28H34F2N6O2/c1-19(2)38-27-32-16-20(17-33-27)24(35-14-10-28(29,30)11-15-35)18-31-26(37)22-6-5-7-23-21(22)8-9-25(34-23)36-12-3-4-13-36/h5-9,16-17,19,24H,3-4,10-15,18H2,1-2H3,(H,31,37). The number of benzene rings is 1. The molecule has 5 rings (SSSR count). The Balaban J connectivity index is 1.34. The number of rotatable bonds is 8. The number of piperidine rings is 1. The zero-order valence-corrected chi connectivity index (χ0v) is 21.9. The molecule has 2 aromatic heterocycles. The third kappa shape index (κ3) is 6.01. The summed E-state index contributed by atoms with van der Waals surface area (Å²) in [5, 5.41) is 3.81. The van der Waals surface area contributed by atoms with E-state index >= 15 is 0 Å². The van der Waals surface area contributed by atoms with Gasteiger partial charge in [-0.15, -0.1) is 0 Å². The fourth-order valence-corrected chi connectivity index (χ4v) is 5.14. The predicted molar refractivity (Wildman–Crippen MR) is 142 cm³/mol. The van der Waals surface area contributed by atoms with E-state index in [4.69, 9.17) is 9.72 Å². The molecule has 1 N–H and O–H groups in total. The van der Waals surface area contributed by atoms with Crippen LogP contribution in [0.3, 0.4) is 0 Å². The van der Waals surface area contributed by atoms with Crippen LogP contribution in [0.2, 0.25) is 0 Å². The number of carbonyl (C=O) groups excluding carboxylic acids is 1. The van der Waals surface area contributed by atoms with Crippen LogP contribution < -0.4 is 15.0 Å². The quantitative estimate of drug-likeness (QED) is 0.461.